The van der Waals surface area contributed by atoms with Crippen molar-refractivity contribution in [2.24, 2.45) is 0 Å². The Morgan fingerprint density at radius 2 is 1.31 bits per heavy atom. The number of nitrogens with zero attached hydrogens (tertiary/aromatic N) is 2. The molecule has 1 aliphatic heterocycles. The lowest BCUT2D eigenvalue weighted by Gasteiger charge is -2.45. The van der Waals surface area contributed by atoms with E-state index in [1.54, 1.807) is 52.8 Å². The molecule has 1 aliphatic carbocycles. The van der Waals surface area contributed by atoms with Gasteiger partial charge >= 0.3 is 0 Å². The third-order valence-electron chi connectivity index (χ3n) is 7.71. The van der Waals surface area contributed by atoms with E-state index in [2.05, 4.69) is 35.2 Å². The molecule has 0 amide bonds. The van der Waals surface area contributed by atoms with Gasteiger partial charge in [-0.1, -0.05) is 66.4 Å². The van der Waals surface area contributed by atoms with Gasteiger partial charge in [0.1, 0.15) is 0 Å². The van der Waals surface area contributed by atoms with Crippen LogP contribution in [0.2, 0.25) is 10.0 Å². The van der Waals surface area contributed by atoms with E-state index in [-0.39, 0.29) is 10.9 Å². The van der Waals surface area contributed by atoms with Gasteiger partial charge in [-0.25, -0.2) is 8.42 Å². The van der Waals surface area contributed by atoms with Crippen LogP contribution in [0.25, 0.3) is 0 Å². The Balaban J connectivity index is 1.39. The fraction of sp³-hybridized carbons (Fsp3) is 0.379. The SMILES string of the molecule is O=S(=O)(c1ccc(Cl)cc1)N(c1ccc(Cl)cc1)C1CCN([C@@H]2CCCC[C@@H]2c2ccccc2)CC1. The number of halogens is 2. The number of hydrogen-bond donors (Lipinski definition) is 0. The monoisotopic (exact) mass is 542 g/mol. The first-order chi connectivity index (χ1) is 17.4. The molecule has 36 heavy (non-hydrogen) atoms. The second-order valence-corrected chi connectivity index (χ2v) is 12.6. The van der Waals surface area contributed by atoms with Gasteiger partial charge in [-0.15, -0.1) is 0 Å². The van der Waals surface area contributed by atoms with Crippen LogP contribution in [0.3, 0.4) is 0 Å². The van der Waals surface area contributed by atoms with Gasteiger partial charge in [0, 0.05) is 35.2 Å². The summed E-state index contributed by atoms with van der Waals surface area (Å²) in [6.45, 7) is 1.78. The van der Waals surface area contributed by atoms with E-state index in [0.717, 1.165) is 25.9 Å². The van der Waals surface area contributed by atoms with Gasteiger partial charge in [0.2, 0.25) is 0 Å². The molecule has 3 aromatic rings. The second kappa shape index (κ2) is 11.1. The Morgan fingerprint density at radius 3 is 1.94 bits per heavy atom. The summed E-state index contributed by atoms with van der Waals surface area (Å²) in [5.41, 5.74) is 2.07. The highest BCUT2D eigenvalue weighted by atomic mass is 35.5. The van der Waals surface area contributed by atoms with Crippen LogP contribution in [-0.2, 0) is 10.0 Å². The number of rotatable bonds is 6. The Kier molecular flexibility index (Phi) is 7.92. The van der Waals surface area contributed by atoms with Crippen molar-refractivity contribution in [3.8, 4) is 0 Å². The number of anilines is 1. The molecule has 2 aliphatic rings. The lowest BCUT2D eigenvalue weighted by molar-refractivity contribution is 0.107. The van der Waals surface area contributed by atoms with Crippen LogP contribution in [0.5, 0.6) is 0 Å². The molecule has 0 unspecified atom stereocenters. The Morgan fingerprint density at radius 1 is 0.722 bits per heavy atom. The van der Waals surface area contributed by atoms with Crippen molar-refractivity contribution in [2.75, 3.05) is 17.4 Å². The van der Waals surface area contributed by atoms with E-state index in [0.29, 0.717) is 27.7 Å². The molecule has 3 aromatic carbocycles. The van der Waals surface area contributed by atoms with Crippen LogP contribution in [-0.4, -0.2) is 38.5 Å². The Hall–Kier alpha value is -2.05. The van der Waals surface area contributed by atoms with Gasteiger partial charge in [-0.3, -0.25) is 9.21 Å². The molecule has 7 heteroatoms. The van der Waals surface area contributed by atoms with Gasteiger partial charge in [0.25, 0.3) is 10.0 Å². The molecule has 4 nitrogen and oxygen atoms in total. The minimum atomic E-state index is -3.77. The highest BCUT2D eigenvalue weighted by molar-refractivity contribution is 7.92. The highest BCUT2D eigenvalue weighted by Crippen LogP contribution is 2.39. The summed E-state index contributed by atoms with van der Waals surface area (Å²) in [4.78, 5) is 2.86. The molecule has 2 atom stereocenters. The van der Waals surface area contributed by atoms with Crippen molar-refractivity contribution < 1.29 is 8.42 Å². The molecule has 1 heterocycles. The summed E-state index contributed by atoms with van der Waals surface area (Å²) in [6, 6.07) is 24.8. The molecule has 1 saturated carbocycles. The van der Waals surface area contributed by atoms with E-state index in [1.165, 1.54) is 31.2 Å². The van der Waals surface area contributed by atoms with Crippen LogP contribution in [0, 0.1) is 0 Å². The van der Waals surface area contributed by atoms with Crippen molar-refractivity contribution in [3.05, 3.63) is 94.5 Å². The zero-order valence-corrected chi connectivity index (χ0v) is 22.6. The van der Waals surface area contributed by atoms with Gasteiger partial charge in [-0.2, -0.15) is 0 Å². The number of piperidine rings is 1. The molecular weight excluding hydrogens is 511 g/mol. The minimum absolute atomic E-state index is 0.123. The molecule has 0 radical (unpaired) electrons. The lowest BCUT2D eigenvalue weighted by Crippen LogP contribution is -2.51. The summed E-state index contributed by atoms with van der Waals surface area (Å²) >= 11 is 12.2. The first-order valence-electron chi connectivity index (χ1n) is 12.8. The van der Waals surface area contributed by atoms with Gasteiger partial charge in [0.15, 0.2) is 0 Å². The van der Waals surface area contributed by atoms with Crippen molar-refractivity contribution in [1.82, 2.24) is 4.90 Å². The lowest BCUT2D eigenvalue weighted by atomic mass is 9.78. The summed E-state index contributed by atoms with van der Waals surface area (Å²) < 4.78 is 29.4. The number of benzene rings is 3. The molecular formula is C29H32Cl2N2O2S. The fourth-order valence-corrected chi connectivity index (χ4v) is 7.91. The van der Waals surface area contributed by atoms with Gasteiger partial charge in [0.05, 0.1) is 10.6 Å². The van der Waals surface area contributed by atoms with Crippen LogP contribution in [0.1, 0.15) is 50.0 Å². The third kappa shape index (κ3) is 5.45. The molecule has 0 N–H and O–H groups in total. The maximum absolute atomic E-state index is 13.9. The van der Waals surface area contributed by atoms with Crippen molar-refractivity contribution in [1.29, 1.82) is 0 Å². The fourth-order valence-electron chi connectivity index (χ4n) is 5.94. The van der Waals surface area contributed by atoms with E-state index in [9.17, 15) is 8.42 Å². The molecule has 0 bridgehead atoms. The van der Waals surface area contributed by atoms with Crippen molar-refractivity contribution in [2.45, 2.75) is 61.4 Å². The average Bonchev–Trinajstić information content (AvgIpc) is 2.91. The number of likely N-dealkylation sites (tertiary alicyclic amines) is 1. The zero-order chi connectivity index (χ0) is 25.1. The van der Waals surface area contributed by atoms with E-state index in [4.69, 9.17) is 23.2 Å². The normalized spacial score (nSPS) is 21.8. The van der Waals surface area contributed by atoms with Crippen molar-refractivity contribution >= 4 is 38.9 Å². The quantitative estimate of drug-likeness (QED) is 0.326. The standard InChI is InChI=1S/C29H32Cl2N2O2S/c30-23-10-14-25(15-11-23)33(36(34,35)27-16-12-24(31)13-17-27)26-18-20-32(21-19-26)29-9-5-4-8-28(29)22-6-2-1-3-7-22/h1-3,6-7,10-17,26,28-29H,4-5,8-9,18-21H2/t28-,29-/m1/s1. The highest BCUT2D eigenvalue weighted by Gasteiger charge is 2.38. The molecule has 0 spiro atoms. The average molecular weight is 544 g/mol. The minimum Gasteiger partial charge on any atom is -0.300 e. The molecule has 190 valence electrons. The van der Waals surface area contributed by atoms with Crippen LogP contribution >= 0.6 is 23.2 Å². The summed E-state index contributed by atoms with van der Waals surface area (Å²) in [7, 11) is -3.77. The summed E-state index contributed by atoms with van der Waals surface area (Å²) in [5, 5.41) is 1.10. The van der Waals surface area contributed by atoms with Crippen LogP contribution in [0.15, 0.2) is 83.8 Å². The first-order valence-corrected chi connectivity index (χ1v) is 15.0. The molecule has 2 fully saturated rings. The Labute approximate surface area is 224 Å². The zero-order valence-electron chi connectivity index (χ0n) is 20.3. The summed E-state index contributed by atoms with van der Waals surface area (Å²) in [6.07, 6.45) is 6.53. The van der Waals surface area contributed by atoms with E-state index < -0.39 is 10.0 Å². The van der Waals surface area contributed by atoms with Gasteiger partial charge < -0.3 is 0 Å². The number of hydrogen-bond acceptors (Lipinski definition) is 3. The molecule has 1 saturated heterocycles. The van der Waals surface area contributed by atoms with Crippen LogP contribution < -0.4 is 4.31 Å². The third-order valence-corrected chi connectivity index (χ3v) is 10.1. The first kappa shape index (κ1) is 25.6. The van der Waals surface area contributed by atoms with Crippen molar-refractivity contribution in [3.63, 3.8) is 0 Å². The maximum Gasteiger partial charge on any atom is 0.264 e. The predicted octanol–water partition coefficient (Wildman–Crippen LogP) is 7.38. The van der Waals surface area contributed by atoms with E-state index >= 15 is 0 Å². The number of sulfonamides is 1. The van der Waals surface area contributed by atoms with Gasteiger partial charge in [-0.05, 0) is 85.7 Å². The Bertz CT molecular complexity index is 1240. The second-order valence-electron chi connectivity index (χ2n) is 9.87. The summed E-state index contributed by atoms with van der Waals surface area (Å²) in [5.74, 6) is 0.543. The van der Waals surface area contributed by atoms with Crippen LogP contribution in [0.4, 0.5) is 5.69 Å². The molecule has 0 aromatic heterocycles. The predicted molar refractivity (Wildman–Crippen MR) is 149 cm³/mol. The molecule has 5 rings (SSSR count). The van der Waals surface area contributed by atoms with E-state index in [1.807, 2.05) is 0 Å². The maximum atomic E-state index is 13.9. The smallest absolute Gasteiger partial charge is 0.264 e. The largest absolute Gasteiger partial charge is 0.300 e. The topological polar surface area (TPSA) is 40.6 Å².